The number of thioether (sulfide) groups is 1. The number of anilines is 1. The number of amides is 1. The molecule has 3 heterocycles. The van der Waals surface area contributed by atoms with Crippen LogP contribution < -0.4 is 4.90 Å². The van der Waals surface area contributed by atoms with E-state index in [1.165, 1.54) is 11.8 Å². The molecule has 1 aromatic heterocycles. The Bertz CT molecular complexity index is 960. The molecule has 28 heavy (non-hydrogen) atoms. The smallest absolute Gasteiger partial charge is 0.243 e. The van der Waals surface area contributed by atoms with Crippen LogP contribution in [0, 0.1) is 0 Å². The average Bonchev–Trinajstić information content (AvgIpc) is 3.17. The Kier molecular flexibility index (Phi) is 5.65. The molecule has 0 N–H and O–H groups in total. The van der Waals surface area contributed by atoms with Crippen molar-refractivity contribution in [1.29, 1.82) is 0 Å². The lowest BCUT2D eigenvalue weighted by Gasteiger charge is -2.26. The molecule has 4 rings (SSSR count). The third-order valence-corrected chi connectivity index (χ3v) is 7.82. The van der Waals surface area contributed by atoms with Gasteiger partial charge in [0.2, 0.25) is 15.9 Å². The molecule has 9 heteroatoms. The van der Waals surface area contributed by atoms with Gasteiger partial charge in [-0.3, -0.25) is 4.79 Å². The van der Waals surface area contributed by atoms with Crippen LogP contribution in [0.1, 0.15) is 24.8 Å². The van der Waals surface area contributed by atoms with Crippen LogP contribution in [-0.4, -0.2) is 54.0 Å². The number of carbonyl (C=O) groups excluding carboxylic acids is 1. The largest absolute Gasteiger partial charge is 0.311 e. The van der Waals surface area contributed by atoms with Crippen LogP contribution in [-0.2, 0) is 21.2 Å². The molecule has 0 radical (unpaired) electrons. The maximum atomic E-state index is 12.9. The summed E-state index contributed by atoms with van der Waals surface area (Å²) >= 11 is 1.30. The average molecular weight is 419 g/mol. The number of benzene rings is 1. The van der Waals surface area contributed by atoms with E-state index in [9.17, 15) is 13.2 Å². The number of sulfonamides is 1. The van der Waals surface area contributed by atoms with Gasteiger partial charge in [0.05, 0.1) is 10.6 Å². The Hall–Kier alpha value is -1.97. The van der Waals surface area contributed by atoms with E-state index < -0.39 is 10.0 Å². The van der Waals surface area contributed by atoms with E-state index in [4.69, 9.17) is 0 Å². The quantitative estimate of drug-likeness (QED) is 0.547. The summed E-state index contributed by atoms with van der Waals surface area (Å²) in [4.78, 5) is 22.9. The predicted molar refractivity (Wildman–Crippen MR) is 108 cm³/mol. The molecule has 7 nitrogen and oxygen atoms in total. The van der Waals surface area contributed by atoms with Gasteiger partial charge in [-0.2, -0.15) is 4.31 Å². The molecule has 0 atom stereocenters. The fourth-order valence-electron chi connectivity index (χ4n) is 3.62. The Morgan fingerprint density at radius 1 is 1.07 bits per heavy atom. The Balaban J connectivity index is 1.48. The predicted octanol–water partition coefficient (Wildman–Crippen LogP) is 2.33. The van der Waals surface area contributed by atoms with Gasteiger partial charge in [0, 0.05) is 37.7 Å². The lowest BCUT2D eigenvalue weighted by atomic mass is 10.2. The lowest BCUT2D eigenvalue weighted by molar-refractivity contribution is -0.116. The maximum Gasteiger partial charge on any atom is 0.243 e. The highest BCUT2D eigenvalue weighted by Crippen LogP contribution is 2.32. The van der Waals surface area contributed by atoms with E-state index in [0.29, 0.717) is 36.1 Å². The third kappa shape index (κ3) is 3.92. The molecule has 2 aliphatic heterocycles. The number of nitrogens with zero attached hydrogens (tertiary/aromatic N) is 4. The van der Waals surface area contributed by atoms with Gasteiger partial charge in [-0.1, -0.05) is 18.2 Å². The third-order valence-electron chi connectivity index (χ3n) is 5.07. The fourth-order valence-corrected chi connectivity index (χ4v) is 5.86. The molecule has 2 aromatic rings. The van der Waals surface area contributed by atoms with Crippen LogP contribution in [0.2, 0.25) is 0 Å². The fraction of sp³-hybridized carbons (Fsp3) is 0.421. The minimum atomic E-state index is -3.46. The van der Waals surface area contributed by atoms with Crippen molar-refractivity contribution in [2.75, 3.05) is 30.3 Å². The van der Waals surface area contributed by atoms with Crippen molar-refractivity contribution in [3.05, 3.63) is 42.2 Å². The topological polar surface area (TPSA) is 83.5 Å². The molecule has 148 valence electrons. The van der Waals surface area contributed by atoms with Crippen molar-refractivity contribution in [1.82, 2.24) is 14.3 Å². The first kappa shape index (κ1) is 19.4. The number of aromatic nitrogens is 2. The maximum absolute atomic E-state index is 12.9. The number of hydrogen-bond donors (Lipinski definition) is 0. The SMILES string of the molecule is O=C(CSc1ncccn1)N1CCc2cc(S(=O)(=O)N3CCCCC3)ccc21. The Labute approximate surface area is 169 Å². The summed E-state index contributed by atoms with van der Waals surface area (Å²) in [6.45, 7) is 1.74. The van der Waals surface area contributed by atoms with E-state index >= 15 is 0 Å². The summed E-state index contributed by atoms with van der Waals surface area (Å²) in [6.07, 6.45) is 6.87. The summed E-state index contributed by atoms with van der Waals surface area (Å²) in [5, 5.41) is 0.568. The first-order chi connectivity index (χ1) is 13.6. The second-order valence-electron chi connectivity index (χ2n) is 6.87. The zero-order valence-electron chi connectivity index (χ0n) is 15.5. The first-order valence-electron chi connectivity index (χ1n) is 9.39. The van der Waals surface area contributed by atoms with E-state index in [-0.39, 0.29) is 11.7 Å². The second-order valence-corrected chi connectivity index (χ2v) is 9.75. The highest BCUT2D eigenvalue weighted by atomic mass is 32.2. The van der Waals surface area contributed by atoms with Gasteiger partial charge in [-0.25, -0.2) is 18.4 Å². The van der Waals surface area contributed by atoms with Crippen LogP contribution in [0.25, 0.3) is 0 Å². The summed E-state index contributed by atoms with van der Waals surface area (Å²) in [6, 6.07) is 6.86. The molecule has 0 saturated carbocycles. The molecule has 1 saturated heterocycles. The molecule has 0 aliphatic carbocycles. The lowest BCUT2D eigenvalue weighted by Crippen LogP contribution is -2.35. The molecule has 1 amide bonds. The second kappa shape index (κ2) is 8.18. The van der Waals surface area contributed by atoms with Crippen LogP contribution in [0.15, 0.2) is 46.7 Å². The van der Waals surface area contributed by atoms with Crippen molar-refractivity contribution in [3.8, 4) is 0 Å². The van der Waals surface area contributed by atoms with Crippen molar-refractivity contribution in [2.45, 2.75) is 35.7 Å². The van der Waals surface area contributed by atoms with Gasteiger partial charge in [-0.05, 0) is 49.1 Å². The van der Waals surface area contributed by atoms with Crippen LogP contribution in [0.5, 0.6) is 0 Å². The molecule has 0 bridgehead atoms. The summed E-state index contributed by atoms with van der Waals surface area (Å²) in [5.41, 5.74) is 1.71. The van der Waals surface area contributed by atoms with Gasteiger partial charge < -0.3 is 4.90 Å². The van der Waals surface area contributed by atoms with Crippen molar-refractivity contribution in [3.63, 3.8) is 0 Å². The summed E-state index contributed by atoms with van der Waals surface area (Å²) in [5.74, 6) is 0.222. The molecule has 1 fully saturated rings. The van der Waals surface area contributed by atoms with Crippen molar-refractivity contribution < 1.29 is 13.2 Å². The molecule has 1 aromatic carbocycles. The van der Waals surface area contributed by atoms with Gasteiger partial charge >= 0.3 is 0 Å². The number of carbonyl (C=O) groups is 1. The van der Waals surface area contributed by atoms with E-state index in [1.807, 2.05) is 0 Å². The molecule has 0 spiro atoms. The number of fused-ring (bicyclic) bond motifs is 1. The van der Waals surface area contributed by atoms with Gasteiger partial charge in [0.1, 0.15) is 0 Å². The normalized spacial score (nSPS) is 17.5. The minimum absolute atomic E-state index is 0.0251. The van der Waals surface area contributed by atoms with Gasteiger partial charge in [0.25, 0.3) is 0 Å². The zero-order valence-corrected chi connectivity index (χ0v) is 17.1. The van der Waals surface area contributed by atoms with E-state index in [1.54, 1.807) is 45.9 Å². The van der Waals surface area contributed by atoms with E-state index in [0.717, 1.165) is 30.5 Å². The zero-order chi connectivity index (χ0) is 19.6. The highest BCUT2D eigenvalue weighted by molar-refractivity contribution is 7.99. The Morgan fingerprint density at radius 2 is 1.82 bits per heavy atom. The Morgan fingerprint density at radius 3 is 2.57 bits per heavy atom. The molecule has 2 aliphatic rings. The van der Waals surface area contributed by atoms with E-state index in [2.05, 4.69) is 9.97 Å². The summed E-state index contributed by atoms with van der Waals surface area (Å²) in [7, 11) is -3.46. The van der Waals surface area contributed by atoms with Crippen LogP contribution in [0.4, 0.5) is 5.69 Å². The monoisotopic (exact) mass is 418 g/mol. The molecule has 0 unspecified atom stereocenters. The van der Waals surface area contributed by atoms with Gasteiger partial charge in [-0.15, -0.1) is 0 Å². The van der Waals surface area contributed by atoms with Crippen LogP contribution >= 0.6 is 11.8 Å². The first-order valence-corrected chi connectivity index (χ1v) is 11.8. The highest BCUT2D eigenvalue weighted by Gasteiger charge is 2.30. The number of piperidine rings is 1. The minimum Gasteiger partial charge on any atom is -0.311 e. The summed E-state index contributed by atoms with van der Waals surface area (Å²) < 4.78 is 27.4. The number of hydrogen-bond acceptors (Lipinski definition) is 6. The number of rotatable bonds is 5. The molecular weight excluding hydrogens is 396 g/mol. The van der Waals surface area contributed by atoms with Gasteiger partial charge in [0.15, 0.2) is 5.16 Å². The van der Waals surface area contributed by atoms with Crippen LogP contribution in [0.3, 0.4) is 0 Å². The standard InChI is InChI=1S/C19H22N4O3S2/c24-18(14-27-19-20-8-4-9-21-19)23-12-7-15-13-16(5-6-17(15)23)28(25,26)22-10-2-1-3-11-22/h4-6,8-9,13H,1-3,7,10-12,14H2. The molecular formula is C19H22N4O3S2. The van der Waals surface area contributed by atoms with Crippen molar-refractivity contribution >= 4 is 33.4 Å². The van der Waals surface area contributed by atoms with Crippen molar-refractivity contribution in [2.24, 2.45) is 0 Å².